The minimum atomic E-state index is 0.354. The van der Waals surface area contributed by atoms with Gasteiger partial charge in [0.05, 0.1) is 0 Å². The lowest BCUT2D eigenvalue weighted by atomic mass is 9.84. The van der Waals surface area contributed by atoms with Crippen molar-refractivity contribution in [2.75, 3.05) is 0 Å². The summed E-state index contributed by atoms with van der Waals surface area (Å²) in [6.07, 6.45) is 2.63. The molecule has 9 heavy (non-hydrogen) atoms. The van der Waals surface area contributed by atoms with Gasteiger partial charge in [-0.3, -0.25) is 0 Å². The van der Waals surface area contributed by atoms with Crippen molar-refractivity contribution in [1.82, 2.24) is 0 Å². The maximum Gasteiger partial charge on any atom is 0.176 e. The normalized spacial score (nSPS) is 33.0. The molecular formula is C7H13NO. The Labute approximate surface area is 55.7 Å². The van der Waals surface area contributed by atoms with Crippen LogP contribution in [0.1, 0.15) is 19.8 Å². The predicted octanol–water partition coefficient (Wildman–Crippen LogP) is 1.23. The summed E-state index contributed by atoms with van der Waals surface area (Å²) in [6, 6.07) is 0. The Balaban J connectivity index is 2.11. The van der Waals surface area contributed by atoms with Crippen LogP contribution in [0.5, 0.6) is 0 Å². The highest BCUT2D eigenvalue weighted by Crippen LogP contribution is 2.29. The average Bonchev–Trinajstić information content (AvgIpc) is 1.60. The zero-order valence-electron chi connectivity index (χ0n) is 5.76. The van der Waals surface area contributed by atoms with E-state index in [4.69, 9.17) is 10.5 Å². The van der Waals surface area contributed by atoms with E-state index in [1.165, 1.54) is 0 Å². The first-order chi connectivity index (χ1) is 4.18. The average molecular weight is 127 g/mol. The first-order valence-corrected chi connectivity index (χ1v) is 3.29. The molecule has 0 saturated heterocycles. The highest BCUT2D eigenvalue weighted by molar-refractivity contribution is 4.82. The van der Waals surface area contributed by atoms with Crippen molar-refractivity contribution in [3.63, 3.8) is 0 Å². The van der Waals surface area contributed by atoms with Gasteiger partial charge in [0, 0.05) is 0 Å². The van der Waals surface area contributed by atoms with E-state index in [1.807, 2.05) is 0 Å². The summed E-state index contributed by atoms with van der Waals surface area (Å²) in [4.78, 5) is 0. The van der Waals surface area contributed by atoms with Crippen LogP contribution in [-0.2, 0) is 4.74 Å². The molecule has 0 heterocycles. The van der Waals surface area contributed by atoms with E-state index in [0.29, 0.717) is 12.0 Å². The van der Waals surface area contributed by atoms with Crippen molar-refractivity contribution in [2.24, 2.45) is 11.7 Å². The van der Waals surface area contributed by atoms with Gasteiger partial charge in [0.25, 0.3) is 0 Å². The second kappa shape index (κ2) is 2.29. The van der Waals surface area contributed by atoms with Crippen LogP contribution in [0.3, 0.4) is 0 Å². The summed E-state index contributed by atoms with van der Waals surface area (Å²) in [6.45, 7) is 5.67. The van der Waals surface area contributed by atoms with Crippen LogP contribution in [0.4, 0.5) is 0 Å². The van der Waals surface area contributed by atoms with Crippen LogP contribution in [0.15, 0.2) is 12.5 Å². The van der Waals surface area contributed by atoms with Gasteiger partial charge in [-0.2, -0.15) is 0 Å². The molecule has 1 aliphatic carbocycles. The summed E-state index contributed by atoms with van der Waals surface area (Å²) in [5.74, 6) is 1.17. The smallest absolute Gasteiger partial charge is 0.176 e. The topological polar surface area (TPSA) is 35.2 Å². The summed E-state index contributed by atoms with van der Waals surface area (Å²) in [7, 11) is 0. The Morgan fingerprint density at radius 2 is 2.22 bits per heavy atom. The molecule has 0 unspecified atom stereocenters. The molecule has 1 saturated carbocycles. The fourth-order valence-corrected chi connectivity index (χ4v) is 1.14. The molecular weight excluding hydrogens is 114 g/mol. The highest BCUT2D eigenvalue weighted by Gasteiger charge is 2.26. The number of nitrogens with two attached hydrogens (primary N) is 1. The maximum absolute atomic E-state index is 5.23. The lowest BCUT2D eigenvalue weighted by Gasteiger charge is -2.32. The largest absolute Gasteiger partial charge is 0.477 e. The predicted molar refractivity (Wildman–Crippen MR) is 36.6 cm³/mol. The highest BCUT2D eigenvalue weighted by atomic mass is 16.5. The van der Waals surface area contributed by atoms with Crippen LogP contribution < -0.4 is 5.73 Å². The molecule has 2 heteroatoms. The van der Waals surface area contributed by atoms with Gasteiger partial charge in [-0.25, -0.2) is 0 Å². The van der Waals surface area contributed by atoms with Crippen LogP contribution in [0.25, 0.3) is 0 Å². The monoisotopic (exact) mass is 127 g/mol. The van der Waals surface area contributed by atoms with E-state index in [1.54, 1.807) is 0 Å². The Morgan fingerprint density at radius 3 is 2.56 bits per heavy atom. The van der Waals surface area contributed by atoms with Gasteiger partial charge in [-0.15, -0.1) is 0 Å². The van der Waals surface area contributed by atoms with E-state index in [2.05, 4.69) is 13.5 Å². The van der Waals surface area contributed by atoms with Crippen LogP contribution in [0, 0.1) is 5.92 Å². The fourth-order valence-electron chi connectivity index (χ4n) is 1.14. The van der Waals surface area contributed by atoms with E-state index in [0.717, 1.165) is 18.8 Å². The van der Waals surface area contributed by atoms with E-state index in [-0.39, 0.29) is 0 Å². The molecule has 2 nitrogen and oxygen atoms in total. The van der Waals surface area contributed by atoms with Gasteiger partial charge in [0.15, 0.2) is 5.88 Å². The molecule has 0 aromatic carbocycles. The zero-order valence-corrected chi connectivity index (χ0v) is 5.76. The molecule has 0 atom stereocenters. The minimum absolute atomic E-state index is 0.354. The van der Waals surface area contributed by atoms with Gasteiger partial charge in [-0.05, 0) is 25.3 Å². The van der Waals surface area contributed by atoms with Crippen molar-refractivity contribution < 1.29 is 4.74 Å². The van der Waals surface area contributed by atoms with Crippen molar-refractivity contribution in [3.8, 4) is 0 Å². The van der Waals surface area contributed by atoms with Crippen molar-refractivity contribution in [2.45, 2.75) is 25.9 Å². The second-order valence-electron chi connectivity index (χ2n) is 2.78. The van der Waals surface area contributed by atoms with E-state index < -0.39 is 0 Å². The van der Waals surface area contributed by atoms with Crippen LogP contribution >= 0.6 is 0 Å². The molecule has 0 spiro atoms. The number of rotatable bonds is 2. The Morgan fingerprint density at radius 1 is 1.67 bits per heavy atom. The molecule has 52 valence electrons. The number of ether oxygens (including phenoxy) is 1. The molecule has 0 aromatic rings. The van der Waals surface area contributed by atoms with Crippen LogP contribution in [-0.4, -0.2) is 6.10 Å². The van der Waals surface area contributed by atoms with Gasteiger partial charge in [0.1, 0.15) is 6.10 Å². The number of hydrogen-bond acceptors (Lipinski definition) is 2. The third-order valence-electron chi connectivity index (χ3n) is 1.65. The molecule has 1 aliphatic rings. The molecule has 0 radical (unpaired) electrons. The third-order valence-corrected chi connectivity index (χ3v) is 1.65. The van der Waals surface area contributed by atoms with Crippen molar-refractivity contribution in [3.05, 3.63) is 12.5 Å². The van der Waals surface area contributed by atoms with E-state index in [9.17, 15) is 0 Å². The van der Waals surface area contributed by atoms with Gasteiger partial charge < -0.3 is 10.5 Å². The summed E-state index contributed by atoms with van der Waals surface area (Å²) < 4.78 is 5.14. The molecule has 0 bridgehead atoms. The molecule has 2 N–H and O–H groups in total. The van der Waals surface area contributed by atoms with Gasteiger partial charge >= 0.3 is 0 Å². The summed E-state index contributed by atoms with van der Waals surface area (Å²) in [5, 5.41) is 0. The Hall–Kier alpha value is -0.660. The van der Waals surface area contributed by atoms with Crippen molar-refractivity contribution in [1.29, 1.82) is 0 Å². The lowest BCUT2D eigenvalue weighted by molar-refractivity contribution is 0.0168. The standard InChI is InChI=1S/C7H13NO/c1-5-3-7(4-5)9-6(2)8/h5,7H,2-4,8H2,1H3/t5-,7-. The summed E-state index contributed by atoms with van der Waals surface area (Å²) in [5.41, 5.74) is 5.23. The molecule has 0 aromatic heterocycles. The quantitative estimate of drug-likeness (QED) is 0.566. The Bertz CT molecular complexity index is 116. The van der Waals surface area contributed by atoms with E-state index >= 15 is 0 Å². The molecule has 0 aliphatic heterocycles. The van der Waals surface area contributed by atoms with Gasteiger partial charge in [-0.1, -0.05) is 6.92 Å². The molecule has 1 fully saturated rings. The SMILES string of the molecule is C=C(N)O[C@H]1C[C@H](C)C1. The summed E-state index contributed by atoms with van der Waals surface area (Å²) >= 11 is 0. The van der Waals surface area contributed by atoms with Crippen molar-refractivity contribution >= 4 is 0 Å². The number of hydrogen-bond donors (Lipinski definition) is 1. The first kappa shape index (κ1) is 6.46. The maximum atomic E-state index is 5.23. The minimum Gasteiger partial charge on any atom is -0.477 e. The Kier molecular flexibility index (Phi) is 1.65. The van der Waals surface area contributed by atoms with Gasteiger partial charge in [0.2, 0.25) is 0 Å². The molecule has 0 amide bonds. The molecule has 1 rings (SSSR count). The zero-order chi connectivity index (χ0) is 6.85. The third kappa shape index (κ3) is 1.63. The first-order valence-electron chi connectivity index (χ1n) is 3.29. The fraction of sp³-hybridized carbons (Fsp3) is 0.714. The second-order valence-corrected chi connectivity index (χ2v) is 2.78. The lowest BCUT2D eigenvalue weighted by Crippen LogP contribution is -2.30. The van der Waals surface area contributed by atoms with Crippen LogP contribution in [0.2, 0.25) is 0 Å².